The van der Waals surface area contributed by atoms with Crippen LogP contribution < -0.4 is 5.32 Å². The van der Waals surface area contributed by atoms with Crippen molar-refractivity contribution < 1.29 is 14.1 Å². The van der Waals surface area contributed by atoms with Crippen molar-refractivity contribution in [2.45, 2.75) is 31.3 Å². The molecule has 1 aliphatic heterocycles. The van der Waals surface area contributed by atoms with Gasteiger partial charge in [-0.1, -0.05) is 35.5 Å². The van der Waals surface area contributed by atoms with Gasteiger partial charge in [0, 0.05) is 16.0 Å². The number of carbonyl (C=O) groups is 2. The molecular formula is C19H16N4O3S. The summed E-state index contributed by atoms with van der Waals surface area (Å²) in [6.45, 7) is -0.0360. The van der Waals surface area contributed by atoms with Crippen LogP contribution in [0.1, 0.15) is 29.2 Å². The normalized spacial score (nSPS) is 21.6. The Labute approximate surface area is 159 Å². The quantitative estimate of drug-likeness (QED) is 0.706. The van der Waals surface area contributed by atoms with Crippen LogP contribution in [0.15, 0.2) is 46.3 Å². The van der Waals surface area contributed by atoms with E-state index in [1.165, 1.54) is 9.78 Å². The predicted octanol–water partition coefficient (Wildman–Crippen LogP) is 3.08. The molecule has 3 heterocycles. The molecule has 1 spiro atoms. The molecule has 1 fully saturated rings. The van der Waals surface area contributed by atoms with Gasteiger partial charge in [-0.3, -0.25) is 9.69 Å². The third-order valence-corrected chi connectivity index (χ3v) is 6.11. The monoisotopic (exact) mass is 380 g/mol. The van der Waals surface area contributed by atoms with Crippen LogP contribution in [0.3, 0.4) is 0 Å². The molecule has 0 saturated carbocycles. The molecule has 27 heavy (non-hydrogen) atoms. The zero-order chi connectivity index (χ0) is 18.4. The lowest BCUT2D eigenvalue weighted by Crippen LogP contribution is -2.46. The minimum Gasteiger partial charge on any atom is -0.337 e. The van der Waals surface area contributed by atoms with Crippen LogP contribution in [0.4, 0.5) is 4.79 Å². The van der Waals surface area contributed by atoms with Gasteiger partial charge in [0.25, 0.3) is 5.91 Å². The minimum atomic E-state index is -0.951. The van der Waals surface area contributed by atoms with Gasteiger partial charge in [-0.2, -0.15) is 4.98 Å². The van der Waals surface area contributed by atoms with E-state index in [2.05, 4.69) is 15.5 Å². The molecule has 136 valence electrons. The Balaban J connectivity index is 1.42. The molecule has 2 aliphatic rings. The molecule has 1 aromatic carbocycles. The molecule has 3 aromatic rings. The molecule has 7 nitrogen and oxygen atoms in total. The second-order valence-electron chi connectivity index (χ2n) is 6.72. The first-order valence-corrected chi connectivity index (χ1v) is 9.64. The lowest BCUT2D eigenvalue weighted by molar-refractivity contribution is -0.132. The van der Waals surface area contributed by atoms with Gasteiger partial charge in [0.1, 0.15) is 12.1 Å². The van der Waals surface area contributed by atoms with E-state index in [1.807, 2.05) is 41.8 Å². The molecule has 3 amide bonds. The number of hydrogen-bond acceptors (Lipinski definition) is 6. The Bertz CT molecular complexity index is 1030. The number of amides is 3. The predicted molar refractivity (Wildman–Crippen MR) is 97.8 cm³/mol. The number of fused-ring (bicyclic) bond motifs is 2. The van der Waals surface area contributed by atoms with Crippen LogP contribution in [-0.4, -0.2) is 27.0 Å². The topological polar surface area (TPSA) is 88.3 Å². The number of nitrogens with zero attached hydrogens (tertiary/aromatic N) is 3. The Morgan fingerprint density at radius 2 is 2.07 bits per heavy atom. The van der Waals surface area contributed by atoms with Crippen molar-refractivity contribution in [1.82, 2.24) is 20.4 Å². The molecule has 2 aromatic heterocycles. The number of aromatic nitrogens is 2. The van der Waals surface area contributed by atoms with E-state index in [0.717, 1.165) is 24.0 Å². The van der Waals surface area contributed by atoms with E-state index < -0.39 is 11.6 Å². The van der Waals surface area contributed by atoms with E-state index in [-0.39, 0.29) is 18.3 Å². The molecule has 1 saturated heterocycles. The fourth-order valence-corrected chi connectivity index (χ4v) is 4.84. The van der Waals surface area contributed by atoms with E-state index in [9.17, 15) is 9.59 Å². The molecule has 0 unspecified atom stereocenters. The number of thiophene rings is 1. The van der Waals surface area contributed by atoms with E-state index in [1.54, 1.807) is 11.3 Å². The van der Waals surface area contributed by atoms with Crippen molar-refractivity contribution in [3.63, 3.8) is 0 Å². The SMILES string of the molecule is O=C1N[C@]2(CCCc3sccc32)C(=O)N1Cc1nc(-c2ccccc2)no1. The molecular weight excluding hydrogens is 364 g/mol. The number of rotatable bonds is 3. The fourth-order valence-electron chi connectivity index (χ4n) is 3.84. The second kappa shape index (κ2) is 6.02. The average molecular weight is 380 g/mol. The maximum absolute atomic E-state index is 13.2. The van der Waals surface area contributed by atoms with Crippen molar-refractivity contribution >= 4 is 23.3 Å². The summed E-state index contributed by atoms with van der Waals surface area (Å²) >= 11 is 1.63. The summed E-state index contributed by atoms with van der Waals surface area (Å²) < 4.78 is 5.27. The lowest BCUT2D eigenvalue weighted by Gasteiger charge is -2.31. The summed E-state index contributed by atoms with van der Waals surface area (Å²) in [7, 11) is 0. The highest BCUT2D eigenvalue weighted by atomic mass is 32.1. The van der Waals surface area contributed by atoms with Crippen LogP contribution in [-0.2, 0) is 23.3 Å². The maximum atomic E-state index is 13.2. The first kappa shape index (κ1) is 16.2. The summed E-state index contributed by atoms with van der Waals surface area (Å²) in [6, 6.07) is 10.9. The number of carbonyl (C=O) groups excluding carboxylic acids is 2. The van der Waals surface area contributed by atoms with Gasteiger partial charge in [0.2, 0.25) is 11.7 Å². The summed E-state index contributed by atoms with van der Waals surface area (Å²) in [5, 5.41) is 8.86. The molecule has 5 rings (SSSR count). The number of imide groups is 1. The minimum absolute atomic E-state index is 0.0360. The van der Waals surface area contributed by atoms with Crippen molar-refractivity contribution in [3.8, 4) is 11.4 Å². The molecule has 8 heteroatoms. The Morgan fingerprint density at radius 3 is 2.93 bits per heavy atom. The van der Waals surface area contributed by atoms with Gasteiger partial charge >= 0.3 is 6.03 Å². The van der Waals surface area contributed by atoms with E-state index in [0.29, 0.717) is 12.2 Å². The summed E-state index contributed by atoms with van der Waals surface area (Å²) in [6.07, 6.45) is 2.42. The fraction of sp³-hybridized carbons (Fsp3) is 0.263. The van der Waals surface area contributed by atoms with Crippen LogP contribution in [0, 0.1) is 0 Å². The zero-order valence-electron chi connectivity index (χ0n) is 14.3. The van der Waals surface area contributed by atoms with Gasteiger partial charge in [-0.05, 0) is 30.7 Å². The van der Waals surface area contributed by atoms with Crippen LogP contribution in [0.25, 0.3) is 11.4 Å². The third kappa shape index (κ3) is 2.48. The average Bonchev–Trinajstić information content (AvgIpc) is 3.40. The zero-order valence-corrected chi connectivity index (χ0v) is 15.2. The van der Waals surface area contributed by atoms with Crippen LogP contribution in [0.5, 0.6) is 0 Å². The Hall–Kier alpha value is -3.00. The number of aryl methyl sites for hydroxylation is 1. The second-order valence-corrected chi connectivity index (χ2v) is 7.72. The van der Waals surface area contributed by atoms with Gasteiger partial charge in [-0.15, -0.1) is 11.3 Å². The molecule has 1 atom stereocenters. The lowest BCUT2D eigenvalue weighted by atomic mass is 9.80. The summed E-state index contributed by atoms with van der Waals surface area (Å²) in [5.41, 5.74) is 0.791. The molecule has 1 aliphatic carbocycles. The van der Waals surface area contributed by atoms with Gasteiger partial charge in [-0.25, -0.2) is 4.79 Å². The highest BCUT2D eigenvalue weighted by molar-refractivity contribution is 7.10. The van der Waals surface area contributed by atoms with Crippen molar-refractivity contribution in [3.05, 3.63) is 58.1 Å². The maximum Gasteiger partial charge on any atom is 0.325 e. The third-order valence-electron chi connectivity index (χ3n) is 5.13. The van der Waals surface area contributed by atoms with Crippen molar-refractivity contribution in [2.75, 3.05) is 0 Å². The largest absolute Gasteiger partial charge is 0.337 e. The summed E-state index contributed by atoms with van der Waals surface area (Å²) in [5.74, 6) is 0.423. The van der Waals surface area contributed by atoms with Crippen molar-refractivity contribution in [2.24, 2.45) is 0 Å². The van der Waals surface area contributed by atoms with E-state index >= 15 is 0 Å². The van der Waals surface area contributed by atoms with E-state index in [4.69, 9.17) is 4.52 Å². The number of urea groups is 1. The van der Waals surface area contributed by atoms with Crippen LogP contribution in [0.2, 0.25) is 0 Å². The number of benzene rings is 1. The number of hydrogen-bond donors (Lipinski definition) is 1. The molecule has 0 radical (unpaired) electrons. The number of nitrogens with one attached hydrogen (secondary N) is 1. The highest BCUT2D eigenvalue weighted by Crippen LogP contribution is 2.42. The Kier molecular flexibility index (Phi) is 3.61. The van der Waals surface area contributed by atoms with Gasteiger partial charge in [0.15, 0.2) is 0 Å². The summed E-state index contributed by atoms with van der Waals surface area (Å²) in [4.78, 5) is 32.4. The molecule has 0 bridgehead atoms. The first-order valence-electron chi connectivity index (χ1n) is 8.76. The Morgan fingerprint density at radius 1 is 1.22 bits per heavy atom. The van der Waals surface area contributed by atoms with Gasteiger partial charge in [0.05, 0.1) is 0 Å². The van der Waals surface area contributed by atoms with Crippen molar-refractivity contribution in [1.29, 1.82) is 0 Å². The standard InChI is InChI=1S/C19H16N4O3S/c24-17-19(9-4-7-14-13(19)8-10-27-14)21-18(25)23(17)11-15-20-16(22-26-15)12-5-2-1-3-6-12/h1-3,5-6,8,10H,4,7,9,11H2,(H,21,25)/t19-/m0/s1. The highest BCUT2D eigenvalue weighted by Gasteiger charge is 2.54. The first-order chi connectivity index (χ1) is 13.2. The van der Waals surface area contributed by atoms with Gasteiger partial charge < -0.3 is 9.84 Å². The smallest absolute Gasteiger partial charge is 0.325 e. The molecule has 1 N–H and O–H groups in total. The van der Waals surface area contributed by atoms with Crippen LogP contribution >= 0.6 is 11.3 Å².